The number of pyridine rings is 1. The van der Waals surface area contributed by atoms with E-state index in [0.717, 1.165) is 42.9 Å². The van der Waals surface area contributed by atoms with E-state index in [9.17, 15) is 21.6 Å². The minimum Gasteiger partial charge on any atom is -0.382 e. The van der Waals surface area contributed by atoms with Crippen molar-refractivity contribution in [2.24, 2.45) is 0 Å². The predicted molar refractivity (Wildman–Crippen MR) is 170 cm³/mol. The summed E-state index contributed by atoms with van der Waals surface area (Å²) >= 11 is 0.550. The Bertz CT molecular complexity index is 1760. The minimum absolute atomic E-state index is 0.121. The Morgan fingerprint density at radius 2 is 1.78 bits per heavy atom. The van der Waals surface area contributed by atoms with Gasteiger partial charge in [-0.2, -0.15) is 22.4 Å². The lowest BCUT2D eigenvalue weighted by Crippen LogP contribution is -2.39. The molecule has 6 rings (SSSR count). The molecule has 2 aliphatic rings. The molecule has 46 heavy (non-hydrogen) atoms. The molecule has 0 aromatic carbocycles. The number of likely N-dealkylation sites (N-methyl/N-ethyl adjacent to an activating group) is 1. The summed E-state index contributed by atoms with van der Waals surface area (Å²) in [7, 11) is 0.558. The van der Waals surface area contributed by atoms with Crippen LogP contribution in [0.3, 0.4) is 0 Å². The highest BCUT2D eigenvalue weighted by Gasteiger charge is 2.38. The van der Waals surface area contributed by atoms with Gasteiger partial charge in [-0.05, 0) is 58.7 Å². The van der Waals surface area contributed by atoms with Crippen LogP contribution in [-0.4, -0.2) is 87.0 Å². The van der Waals surface area contributed by atoms with Crippen LogP contribution in [0.5, 0.6) is 0 Å². The third-order valence-electron chi connectivity index (χ3n) is 7.94. The fourth-order valence-electron chi connectivity index (χ4n) is 5.31. The molecule has 2 fully saturated rings. The van der Waals surface area contributed by atoms with Crippen LogP contribution in [-0.2, 0) is 16.2 Å². The Kier molecular flexibility index (Phi) is 9.27. The number of anilines is 3. The molecule has 0 unspecified atom stereocenters. The van der Waals surface area contributed by atoms with Crippen molar-refractivity contribution in [3.63, 3.8) is 0 Å². The zero-order chi connectivity index (χ0) is 32.5. The van der Waals surface area contributed by atoms with Crippen molar-refractivity contribution in [3.05, 3.63) is 47.3 Å². The van der Waals surface area contributed by atoms with Crippen molar-refractivity contribution in [3.8, 4) is 22.6 Å². The number of hydrogen-bond donors (Lipinski definition) is 3. The van der Waals surface area contributed by atoms with Gasteiger partial charge >= 0.3 is 6.18 Å². The number of hydrogen-bond acceptors (Lipinski definition) is 12. The number of halogens is 3. The number of aromatic nitrogens is 6. The third-order valence-corrected chi connectivity index (χ3v) is 10.9. The van der Waals surface area contributed by atoms with Gasteiger partial charge in [0.25, 0.3) is 10.0 Å². The van der Waals surface area contributed by atoms with Gasteiger partial charge in [0.2, 0.25) is 0 Å². The fourth-order valence-corrected chi connectivity index (χ4v) is 7.47. The molecular formula is C29H35F3N10O2S2. The second-order valence-corrected chi connectivity index (χ2v) is 14.8. The molecule has 0 aliphatic heterocycles. The maximum absolute atomic E-state index is 13.4. The van der Waals surface area contributed by atoms with Gasteiger partial charge in [0.05, 0.1) is 28.9 Å². The third kappa shape index (κ3) is 7.65. The van der Waals surface area contributed by atoms with Crippen molar-refractivity contribution in [1.29, 1.82) is 0 Å². The molecule has 4 aromatic rings. The van der Waals surface area contributed by atoms with Crippen molar-refractivity contribution < 1.29 is 21.6 Å². The van der Waals surface area contributed by atoms with Gasteiger partial charge in [-0.1, -0.05) is 0 Å². The summed E-state index contributed by atoms with van der Waals surface area (Å²) in [5, 5.41) is 14.4. The predicted octanol–water partition coefficient (Wildman–Crippen LogP) is 4.84. The Hall–Kier alpha value is -3.67. The summed E-state index contributed by atoms with van der Waals surface area (Å²) in [4.78, 5) is 19.3. The molecule has 0 radical (unpaired) electrons. The monoisotopic (exact) mass is 676 g/mol. The molecule has 4 heterocycles. The van der Waals surface area contributed by atoms with Gasteiger partial charge < -0.3 is 20.9 Å². The maximum atomic E-state index is 13.4. The molecular weight excluding hydrogens is 642 g/mol. The lowest BCUT2D eigenvalue weighted by Gasteiger charge is -2.31. The van der Waals surface area contributed by atoms with Crippen molar-refractivity contribution in [2.45, 2.75) is 62.0 Å². The van der Waals surface area contributed by atoms with Crippen molar-refractivity contribution in [2.75, 3.05) is 37.8 Å². The minimum atomic E-state index is -4.54. The molecule has 2 aliphatic carbocycles. The fraction of sp³-hybridized carbons (Fsp3) is 0.483. The average Bonchev–Trinajstić information content (AvgIpc) is 3.54. The highest BCUT2D eigenvalue weighted by Crippen LogP contribution is 2.38. The Morgan fingerprint density at radius 3 is 2.48 bits per heavy atom. The molecule has 246 valence electrons. The SMILES string of the molecule is CN(C)CCNC1CCC(Nc2cc(Nc3ccnc(-c4cnn(S(=O)(=O)C5CC5)c4)n3)ncc2-c2csc(C(F)(F)F)n2)CC1. The van der Waals surface area contributed by atoms with Crippen LogP contribution in [0.15, 0.2) is 42.3 Å². The summed E-state index contributed by atoms with van der Waals surface area (Å²) in [5.41, 5.74) is 1.72. The first-order valence-electron chi connectivity index (χ1n) is 15.0. The van der Waals surface area contributed by atoms with E-state index >= 15 is 0 Å². The van der Waals surface area contributed by atoms with E-state index in [2.05, 4.69) is 45.9 Å². The van der Waals surface area contributed by atoms with E-state index < -0.39 is 26.5 Å². The van der Waals surface area contributed by atoms with Crippen LogP contribution in [0.25, 0.3) is 22.6 Å². The summed E-state index contributed by atoms with van der Waals surface area (Å²) in [6.07, 6.45) is 6.31. The van der Waals surface area contributed by atoms with E-state index in [1.165, 1.54) is 30.2 Å². The van der Waals surface area contributed by atoms with Crippen LogP contribution < -0.4 is 16.0 Å². The van der Waals surface area contributed by atoms with Crippen molar-refractivity contribution >= 4 is 38.7 Å². The van der Waals surface area contributed by atoms with Crippen LogP contribution in [0, 0.1) is 0 Å². The second-order valence-electron chi connectivity index (χ2n) is 11.8. The summed E-state index contributed by atoms with van der Waals surface area (Å²) in [6.45, 7) is 1.87. The Morgan fingerprint density at radius 1 is 1.02 bits per heavy atom. The zero-order valence-corrected chi connectivity index (χ0v) is 27.0. The normalized spacial score (nSPS) is 19.0. The Balaban J connectivity index is 1.21. The lowest BCUT2D eigenvalue weighted by atomic mass is 9.90. The molecule has 17 heteroatoms. The Labute approximate surface area is 268 Å². The van der Waals surface area contributed by atoms with Gasteiger partial charge in [0, 0.05) is 60.3 Å². The van der Waals surface area contributed by atoms with Gasteiger partial charge in [0.1, 0.15) is 11.6 Å². The molecule has 2 saturated carbocycles. The summed E-state index contributed by atoms with van der Waals surface area (Å²) < 4.78 is 66.2. The summed E-state index contributed by atoms with van der Waals surface area (Å²) in [5.74, 6) is 1.08. The van der Waals surface area contributed by atoms with Crippen LogP contribution in [0.2, 0.25) is 0 Å². The van der Waals surface area contributed by atoms with E-state index in [1.807, 2.05) is 14.1 Å². The van der Waals surface area contributed by atoms with Crippen LogP contribution in [0.4, 0.5) is 30.5 Å². The lowest BCUT2D eigenvalue weighted by molar-refractivity contribution is -0.137. The zero-order valence-electron chi connectivity index (χ0n) is 25.3. The quantitative estimate of drug-likeness (QED) is 0.190. The highest BCUT2D eigenvalue weighted by molar-refractivity contribution is 7.90. The van der Waals surface area contributed by atoms with Gasteiger partial charge in [-0.15, -0.1) is 11.3 Å². The highest BCUT2D eigenvalue weighted by atomic mass is 32.2. The van der Waals surface area contributed by atoms with Crippen molar-refractivity contribution in [1.82, 2.24) is 39.3 Å². The molecule has 0 amide bonds. The van der Waals surface area contributed by atoms with E-state index in [1.54, 1.807) is 12.1 Å². The maximum Gasteiger partial charge on any atom is 0.443 e. The van der Waals surface area contributed by atoms with E-state index in [-0.39, 0.29) is 17.6 Å². The first-order chi connectivity index (χ1) is 22.0. The molecule has 0 bridgehead atoms. The number of rotatable bonds is 12. The number of nitrogens with one attached hydrogen (secondary N) is 3. The summed E-state index contributed by atoms with van der Waals surface area (Å²) in [6, 6.07) is 3.92. The molecule has 4 aromatic heterocycles. The topological polar surface area (TPSA) is 143 Å². The molecule has 0 saturated heterocycles. The largest absolute Gasteiger partial charge is 0.443 e. The number of nitrogens with zero attached hydrogens (tertiary/aromatic N) is 7. The molecule has 12 nitrogen and oxygen atoms in total. The van der Waals surface area contributed by atoms with Gasteiger partial charge in [-0.25, -0.2) is 28.4 Å². The smallest absolute Gasteiger partial charge is 0.382 e. The van der Waals surface area contributed by atoms with Gasteiger partial charge in [-0.3, -0.25) is 0 Å². The van der Waals surface area contributed by atoms with Crippen LogP contribution >= 0.6 is 11.3 Å². The first-order valence-corrected chi connectivity index (χ1v) is 17.4. The van der Waals surface area contributed by atoms with Gasteiger partial charge in [0.15, 0.2) is 10.8 Å². The molecule has 0 atom stereocenters. The molecule has 3 N–H and O–H groups in total. The number of thiazole rings is 1. The van der Waals surface area contributed by atoms with Crippen LogP contribution in [0.1, 0.15) is 43.5 Å². The second kappa shape index (κ2) is 13.2. The molecule has 0 spiro atoms. The average molecular weight is 677 g/mol. The van der Waals surface area contributed by atoms with E-state index in [0.29, 0.717) is 58.7 Å². The standard InChI is InChI=1S/C29H35F3N10O2S2/c1-41(2)12-11-33-19-3-5-20(6-4-19)37-23-13-26(35-15-22(23)24-17-45-28(38-24)29(30,31)32)39-25-9-10-34-27(40-25)18-14-36-42(16-18)46(43,44)21-7-8-21/h9-10,13-17,19-21,33H,3-8,11-12H2,1-2H3,(H2,34,35,37,39,40). The first kappa shape index (κ1) is 32.3. The van der Waals surface area contributed by atoms with E-state index in [4.69, 9.17) is 0 Å². The number of alkyl halides is 3.